The van der Waals surface area contributed by atoms with Crippen molar-refractivity contribution in [3.05, 3.63) is 101 Å². The molecule has 3 aromatic rings. The van der Waals surface area contributed by atoms with Crippen LogP contribution in [0.1, 0.15) is 32.7 Å². The molecule has 0 fully saturated rings. The summed E-state index contributed by atoms with van der Waals surface area (Å²) < 4.78 is 26.5. The molecule has 0 saturated heterocycles. The van der Waals surface area contributed by atoms with Gasteiger partial charge in [-0.2, -0.15) is 0 Å². The molecule has 1 N–H and O–H groups in total. The van der Waals surface area contributed by atoms with Gasteiger partial charge in [0.2, 0.25) is 0 Å². The lowest BCUT2D eigenvalue weighted by Crippen LogP contribution is -2.34. The number of amides is 2. The van der Waals surface area contributed by atoms with Crippen LogP contribution in [-0.4, -0.2) is 24.9 Å². The lowest BCUT2D eigenvalue weighted by Gasteiger charge is -2.23. The first-order valence-corrected chi connectivity index (χ1v) is 9.62. The normalized spacial score (nSPS) is 10.5. The number of nitrogens with one attached hydrogen (secondary N) is 1. The minimum absolute atomic E-state index is 0.175. The summed E-state index contributed by atoms with van der Waals surface area (Å²) in [5.41, 5.74) is 2.34. The number of halogens is 2. The molecule has 0 aliphatic heterocycles. The number of rotatable bonds is 7. The summed E-state index contributed by atoms with van der Waals surface area (Å²) in [7, 11) is 0. The summed E-state index contributed by atoms with van der Waals surface area (Å²) in [6, 6.07) is 18.2. The van der Waals surface area contributed by atoms with Crippen molar-refractivity contribution in [2.45, 2.75) is 13.3 Å². The Balaban J connectivity index is 1.67. The maximum atomic E-state index is 13.3. The van der Waals surface area contributed by atoms with E-state index in [2.05, 4.69) is 5.32 Å². The smallest absolute Gasteiger partial charge is 0.258 e. The van der Waals surface area contributed by atoms with Crippen molar-refractivity contribution < 1.29 is 18.4 Å². The summed E-state index contributed by atoms with van der Waals surface area (Å²) in [4.78, 5) is 26.8. The van der Waals surface area contributed by atoms with Crippen LogP contribution in [0.25, 0.3) is 0 Å². The highest BCUT2D eigenvalue weighted by molar-refractivity contribution is 6.06. The molecule has 3 rings (SSSR count). The maximum Gasteiger partial charge on any atom is 0.258 e. The Hall–Kier alpha value is -3.54. The molecule has 3 aromatic carbocycles. The molecule has 30 heavy (non-hydrogen) atoms. The van der Waals surface area contributed by atoms with Crippen LogP contribution in [0.15, 0.2) is 72.8 Å². The fraction of sp³-hybridized carbons (Fsp3) is 0.167. The zero-order chi connectivity index (χ0) is 21.5. The lowest BCUT2D eigenvalue weighted by molar-refractivity contribution is 0.0953. The molecule has 2 amide bonds. The van der Waals surface area contributed by atoms with Gasteiger partial charge >= 0.3 is 0 Å². The second-order valence-electron chi connectivity index (χ2n) is 6.86. The Morgan fingerprint density at radius 1 is 0.867 bits per heavy atom. The van der Waals surface area contributed by atoms with Crippen LogP contribution >= 0.6 is 0 Å². The Kier molecular flexibility index (Phi) is 6.91. The third-order valence-corrected chi connectivity index (χ3v) is 4.71. The average molecular weight is 408 g/mol. The van der Waals surface area contributed by atoms with E-state index in [1.54, 1.807) is 12.1 Å². The third-order valence-electron chi connectivity index (χ3n) is 4.71. The van der Waals surface area contributed by atoms with Crippen LogP contribution in [0.4, 0.5) is 14.5 Å². The first-order valence-electron chi connectivity index (χ1n) is 9.62. The number of anilines is 1. The van der Waals surface area contributed by atoms with E-state index in [-0.39, 0.29) is 11.8 Å². The number of hydrogen-bond donors (Lipinski definition) is 1. The molecule has 0 aliphatic carbocycles. The molecule has 0 atom stereocenters. The largest absolute Gasteiger partial charge is 0.352 e. The standard InChI is InChI=1S/C24H22F2N2O2/c1-17-5-2-3-6-22(17)23(29)27-15-4-16-28(21-13-11-20(26)12-14-21)24(30)18-7-9-19(25)10-8-18/h2-3,5-14H,4,15-16H2,1H3,(H,27,29). The number of nitrogens with zero attached hydrogens (tertiary/aromatic N) is 1. The van der Waals surface area contributed by atoms with Gasteiger partial charge in [0.25, 0.3) is 11.8 Å². The van der Waals surface area contributed by atoms with Gasteiger partial charge in [-0.3, -0.25) is 9.59 Å². The van der Waals surface area contributed by atoms with Crippen molar-refractivity contribution >= 4 is 17.5 Å². The van der Waals surface area contributed by atoms with Crippen molar-refractivity contribution in [2.75, 3.05) is 18.0 Å². The van der Waals surface area contributed by atoms with Crippen molar-refractivity contribution in [3.63, 3.8) is 0 Å². The fourth-order valence-corrected chi connectivity index (χ4v) is 3.08. The minimum Gasteiger partial charge on any atom is -0.352 e. The highest BCUT2D eigenvalue weighted by Crippen LogP contribution is 2.19. The van der Waals surface area contributed by atoms with Crippen molar-refractivity contribution in [1.82, 2.24) is 5.32 Å². The van der Waals surface area contributed by atoms with Gasteiger partial charge in [0, 0.05) is 29.9 Å². The number of hydrogen-bond acceptors (Lipinski definition) is 2. The van der Waals surface area contributed by atoms with Gasteiger partial charge in [0.05, 0.1) is 0 Å². The minimum atomic E-state index is -0.432. The van der Waals surface area contributed by atoms with E-state index in [4.69, 9.17) is 0 Å². The van der Waals surface area contributed by atoms with E-state index in [1.165, 1.54) is 53.4 Å². The van der Waals surface area contributed by atoms with Gasteiger partial charge in [0.1, 0.15) is 11.6 Å². The number of aryl methyl sites for hydroxylation is 1. The van der Waals surface area contributed by atoms with Crippen molar-refractivity contribution in [3.8, 4) is 0 Å². The number of carbonyl (C=O) groups excluding carboxylic acids is 2. The molecule has 6 heteroatoms. The number of benzene rings is 3. The highest BCUT2D eigenvalue weighted by atomic mass is 19.1. The quantitative estimate of drug-likeness (QED) is 0.574. The van der Waals surface area contributed by atoms with E-state index in [1.807, 2.05) is 19.1 Å². The first-order chi connectivity index (χ1) is 14.5. The lowest BCUT2D eigenvalue weighted by atomic mass is 10.1. The molecule has 0 aromatic heterocycles. The average Bonchev–Trinajstić information content (AvgIpc) is 2.75. The van der Waals surface area contributed by atoms with E-state index in [9.17, 15) is 18.4 Å². The molecule has 0 unspecified atom stereocenters. The summed E-state index contributed by atoms with van der Waals surface area (Å²) >= 11 is 0. The molecule has 4 nitrogen and oxygen atoms in total. The van der Waals surface area contributed by atoms with Crippen molar-refractivity contribution in [2.24, 2.45) is 0 Å². The molecular weight excluding hydrogens is 386 g/mol. The monoisotopic (exact) mass is 408 g/mol. The summed E-state index contributed by atoms with van der Waals surface area (Å²) in [5, 5.41) is 2.86. The maximum absolute atomic E-state index is 13.3. The zero-order valence-corrected chi connectivity index (χ0v) is 16.6. The Morgan fingerprint density at radius 2 is 1.47 bits per heavy atom. The second-order valence-corrected chi connectivity index (χ2v) is 6.86. The van der Waals surface area contributed by atoms with Crippen LogP contribution < -0.4 is 10.2 Å². The topological polar surface area (TPSA) is 49.4 Å². The molecule has 0 aliphatic rings. The Labute approximate surface area is 174 Å². The van der Waals surface area contributed by atoms with E-state index < -0.39 is 11.6 Å². The fourth-order valence-electron chi connectivity index (χ4n) is 3.08. The summed E-state index contributed by atoms with van der Waals surface area (Å²) in [5.74, 6) is -1.34. The van der Waals surface area contributed by atoms with E-state index in [0.717, 1.165) is 5.56 Å². The summed E-state index contributed by atoms with van der Waals surface area (Å²) in [6.07, 6.45) is 0.488. The highest BCUT2D eigenvalue weighted by Gasteiger charge is 2.18. The molecule has 0 heterocycles. The van der Waals surface area contributed by atoms with Crippen LogP contribution in [0.5, 0.6) is 0 Å². The molecule has 0 bridgehead atoms. The van der Waals surface area contributed by atoms with Gasteiger partial charge in [-0.1, -0.05) is 18.2 Å². The molecular formula is C24H22F2N2O2. The van der Waals surface area contributed by atoms with Gasteiger partial charge in [-0.05, 0) is 73.5 Å². The van der Waals surface area contributed by atoms with E-state index >= 15 is 0 Å². The molecule has 0 radical (unpaired) electrons. The zero-order valence-electron chi connectivity index (χ0n) is 16.6. The van der Waals surface area contributed by atoms with Crippen LogP contribution in [0.3, 0.4) is 0 Å². The predicted octanol–water partition coefficient (Wildman–Crippen LogP) is 4.74. The second kappa shape index (κ2) is 9.78. The van der Waals surface area contributed by atoms with Crippen LogP contribution in [0.2, 0.25) is 0 Å². The van der Waals surface area contributed by atoms with Gasteiger partial charge in [0.15, 0.2) is 0 Å². The number of carbonyl (C=O) groups is 2. The Morgan fingerprint density at radius 3 is 2.10 bits per heavy atom. The SMILES string of the molecule is Cc1ccccc1C(=O)NCCCN(C(=O)c1ccc(F)cc1)c1ccc(F)cc1. The molecule has 0 saturated carbocycles. The third kappa shape index (κ3) is 5.29. The predicted molar refractivity (Wildman–Crippen MR) is 113 cm³/mol. The molecule has 154 valence electrons. The van der Waals surface area contributed by atoms with Gasteiger partial charge in [-0.15, -0.1) is 0 Å². The summed E-state index contributed by atoms with van der Waals surface area (Å²) in [6.45, 7) is 2.53. The van der Waals surface area contributed by atoms with Crippen molar-refractivity contribution in [1.29, 1.82) is 0 Å². The first kappa shape index (κ1) is 21.2. The van der Waals surface area contributed by atoms with Crippen LogP contribution in [0, 0.1) is 18.6 Å². The van der Waals surface area contributed by atoms with Gasteiger partial charge < -0.3 is 10.2 Å². The Bertz CT molecular complexity index is 1020. The van der Waals surface area contributed by atoms with Gasteiger partial charge in [-0.25, -0.2) is 8.78 Å². The molecule has 0 spiro atoms. The van der Waals surface area contributed by atoms with E-state index in [0.29, 0.717) is 36.3 Å². The van der Waals surface area contributed by atoms with Crippen LogP contribution in [-0.2, 0) is 0 Å².